The molecule has 2 saturated carbocycles. The summed E-state index contributed by atoms with van der Waals surface area (Å²) in [6.45, 7) is 6.03. The topological polar surface area (TPSA) is 38.4 Å². The van der Waals surface area contributed by atoms with E-state index in [1.807, 2.05) is 11.8 Å². The van der Waals surface area contributed by atoms with Gasteiger partial charge in [-0.25, -0.2) is 0 Å². The highest BCUT2D eigenvalue weighted by Gasteiger charge is 2.45. The molecule has 0 radical (unpaired) electrons. The zero-order valence-corrected chi connectivity index (χ0v) is 17.3. The fourth-order valence-corrected chi connectivity index (χ4v) is 5.92. The molecule has 4 rings (SSSR count). The van der Waals surface area contributed by atoms with Crippen LogP contribution in [0.1, 0.15) is 62.6 Å². The zero-order valence-electron chi connectivity index (χ0n) is 16.5. The summed E-state index contributed by atoms with van der Waals surface area (Å²) in [5.74, 6) is 2.80. The van der Waals surface area contributed by atoms with E-state index in [2.05, 4.69) is 55.1 Å². The Labute approximate surface area is 168 Å². The lowest BCUT2D eigenvalue weighted by molar-refractivity contribution is 0.139. The first kappa shape index (κ1) is 19.0. The predicted octanol–water partition coefficient (Wildman–Crippen LogP) is 6.05. The van der Waals surface area contributed by atoms with Crippen molar-refractivity contribution in [2.24, 2.45) is 28.0 Å². The van der Waals surface area contributed by atoms with E-state index in [1.165, 1.54) is 67.4 Å². The number of hydrogen-bond acceptors (Lipinski definition) is 3. The van der Waals surface area contributed by atoms with E-state index in [0.29, 0.717) is 11.3 Å². The highest BCUT2D eigenvalue weighted by molar-refractivity contribution is 8.03. The van der Waals surface area contributed by atoms with Crippen molar-refractivity contribution in [2.75, 3.05) is 5.75 Å². The summed E-state index contributed by atoms with van der Waals surface area (Å²) < 4.78 is 0. The number of nitrogens with two attached hydrogens (primary N) is 1. The van der Waals surface area contributed by atoms with Gasteiger partial charge in [-0.15, -0.1) is 11.8 Å². The van der Waals surface area contributed by atoms with Gasteiger partial charge in [0.1, 0.15) is 0 Å². The maximum atomic E-state index is 6.71. The second kappa shape index (κ2) is 7.97. The molecular weight excluding hydrogens is 348 g/mol. The minimum Gasteiger partial charge on any atom is -0.323 e. The summed E-state index contributed by atoms with van der Waals surface area (Å²) in [6, 6.07) is 9.01. The van der Waals surface area contributed by atoms with E-state index in [4.69, 9.17) is 5.73 Å². The molecule has 0 heterocycles. The maximum Gasteiger partial charge on any atom is 0.0952 e. The van der Waals surface area contributed by atoms with Crippen molar-refractivity contribution in [1.29, 1.82) is 0 Å². The first-order valence-electron chi connectivity index (χ1n) is 10.4. The summed E-state index contributed by atoms with van der Waals surface area (Å²) in [5.41, 5.74) is 11.4. The Morgan fingerprint density at radius 3 is 2.63 bits per heavy atom. The molecule has 2 nitrogen and oxygen atoms in total. The Morgan fingerprint density at radius 2 is 1.96 bits per heavy atom. The Balaban J connectivity index is 1.36. The van der Waals surface area contributed by atoms with Crippen LogP contribution in [0.4, 0.5) is 0 Å². The molecule has 0 aliphatic heterocycles. The van der Waals surface area contributed by atoms with Crippen LogP contribution in [0.5, 0.6) is 0 Å². The van der Waals surface area contributed by atoms with Gasteiger partial charge in [-0.2, -0.15) is 0 Å². The van der Waals surface area contributed by atoms with Gasteiger partial charge in [0.05, 0.1) is 5.03 Å². The molecular formula is C24H32N2S. The van der Waals surface area contributed by atoms with Crippen LogP contribution in [-0.4, -0.2) is 12.5 Å². The maximum absolute atomic E-state index is 6.71. The van der Waals surface area contributed by atoms with Crippen LogP contribution in [0.2, 0.25) is 0 Å². The van der Waals surface area contributed by atoms with Gasteiger partial charge < -0.3 is 5.73 Å². The molecule has 0 aromatic heterocycles. The molecule has 2 fully saturated rings. The highest BCUT2D eigenvalue weighted by Crippen LogP contribution is 2.54. The number of rotatable bonds is 6. The molecule has 1 aromatic rings. The van der Waals surface area contributed by atoms with Gasteiger partial charge in [0.15, 0.2) is 0 Å². The number of nitrogens with zero attached hydrogens (tertiary/aromatic N) is 1. The van der Waals surface area contributed by atoms with E-state index in [1.54, 1.807) is 0 Å². The Kier molecular flexibility index (Phi) is 5.61. The summed E-state index contributed by atoms with van der Waals surface area (Å²) >= 11 is 1.86. The van der Waals surface area contributed by atoms with E-state index < -0.39 is 0 Å². The van der Waals surface area contributed by atoms with E-state index in [9.17, 15) is 0 Å². The van der Waals surface area contributed by atoms with Crippen molar-refractivity contribution in [2.45, 2.75) is 57.9 Å². The minimum atomic E-state index is 0.217. The molecule has 2 N–H and O–H groups in total. The second-order valence-corrected chi connectivity index (χ2v) is 9.86. The van der Waals surface area contributed by atoms with Crippen LogP contribution in [0.25, 0.3) is 0 Å². The van der Waals surface area contributed by atoms with Crippen LogP contribution in [0.3, 0.4) is 0 Å². The fraction of sp³-hybridized carbons (Fsp3) is 0.542. The minimum absolute atomic E-state index is 0.217. The first-order chi connectivity index (χ1) is 13.1. The number of hydrogen-bond donors (Lipinski definition) is 1. The molecule has 1 spiro atoms. The SMILES string of the molecule is C=N/C(=C\C=C(/C)[C@H]1CC[C@@]2(CC1)Cc1ccccc1[C@@H]2N)SCC1CC1. The van der Waals surface area contributed by atoms with Crippen molar-refractivity contribution in [3.63, 3.8) is 0 Å². The second-order valence-electron chi connectivity index (χ2n) is 8.82. The molecule has 0 unspecified atom stereocenters. The Morgan fingerprint density at radius 1 is 1.22 bits per heavy atom. The van der Waals surface area contributed by atoms with Gasteiger partial charge in [-0.05, 0) is 93.0 Å². The monoisotopic (exact) mass is 380 g/mol. The van der Waals surface area contributed by atoms with E-state index in [-0.39, 0.29) is 6.04 Å². The van der Waals surface area contributed by atoms with Gasteiger partial charge >= 0.3 is 0 Å². The van der Waals surface area contributed by atoms with Crippen molar-refractivity contribution < 1.29 is 0 Å². The van der Waals surface area contributed by atoms with Crippen molar-refractivity contribution >= 4 is 18.5 Å². The third-order valence-electron chi connectivity index (χ3n) is 7.03. The van der Waals surface area contributed by atoms with Crippen LogP contribution in [0.15, 0.2) is 52.0 Å². The number of allylic oxidation sites excluding steroid dienone is 3. The smallest absolute Gasteiger partial charge is 0.0952 e. The quantitative estimate of drug-likeness (QED) is 0.482. The van der Waals surface area contributed by atoms with Gasteiger partial charge in [0, 0.05) is 11.8 Å². The van der Waals surface area contributed by atoms with Gasteiger partial charge in [-0.1, -0.05) is 35.9 Å². The molecule has 3 aliphatic carbocycles. The number of aliphatic imine (C=N–C) groups is 1. The van der Waals surface area contributed by atoms with Crippen molar-refractivity contribution in [1.82, 2.24) is 0 Å². The summed E-state index contributed by atoms with van der Waals surface area (Å²) in [5, 5.41) is 1.07. The molecule has 1 atom stereocenters. The highest BCUT2D eigenvalue weighted by atomic mass is 32.2. The molecule has 0 bridgehead atoms. The lowest BCUT2D eigenvalue weighted by Crippen LogP contribution is -2.35. The zero-order chi connectivity index (χ0) is 18.9. The van der Waals surface area contributed by atoms with Gasteiger partial charge in [0.2, 0.25) is 0 Å². The van der Waals surface area contributed by atoms with Crippen LogP contribution < -0.4 is 5.73 Å². The number of benzene rings is 1. The molecule has 27 heavy (non-hydrogen) atoms. The van der Waals surface area contributed by atoms with Crippen molar-refractivity contribution in [3.8, 4) is 0 Å². The van der Waals surface area contributed by atoms with Crippen LogP contribution >= 0.6 is 11.8 Å². The molecule has 0 amide bonds. The third-order valence-corrected chi connectivity index (χ3v) is 8.23. The van der Waals surface area contributed by atoms with E-state index >= 15 is 0 Å². The fourth-order valence-electron chi connectivity index (χ4n) is 4.93. The predicted molar refractivity (Wildman–Crippen MR) is 118 cm³/mol. The average Bonchev–Trinajstić information content (AvgIpc) is 3.48. The molecule has 144 valence electrons. The summed E-state index contributed by atoms with van der Waals surface area (Å²) in [6.07, 6.45) is 13.4. The third kappa shape index (κ3) is 4.09. The van der Waals surface area contributed by atoms with Gasteiger partial charge in [-0.3, -0.25) is 4.99 Å². The Hall–Kier alpha value is -1.32. The number of fused-ring (bicyclic) bond motifs is 1. The van der Waals surface area contributed by atoms with Crippen LogP contribution in [0, 0.1) is 17.3 Å². The summed E-state index contributed by atoms with van der Waals surface area (Å²) in [4.78, 5) is 4.21. The van der Waals surface area contributed by atoms with Crippen LogP contribution in [-0.2, 0) is 6.42 Å². The van der Waals surface area contributed by atoms with Crippen molar-refractivity contribution in [3.05, 3.63) is 58.1 Å². The lowest BCUT2D eigenvalue weighted by atomic mass is 9.65. The number of thioether (sulfide) groups is 1. The average molecular weight is 381 g/mol. The normalized spacial score (nSPS) is 31.2. The van der Waals surface area contributed by atoms with Gasteiger partial charge in [0.25, 0.3) is 0 Å². The lowest BCUT2D eigenvalue weighted by Gasteiger charge is -2.41. The first-order valence-corrected chi connectivity index (χ1v) is 11.4. The summed E-state index contributed by atoms with van der Waals surface area (Å²) in [7, 11) is 0. The molecule has 1 aromatic carbocycles. The molecule has 3 heteroatoms. The van der Waals surface area contributed by atoms with E-state index in [0.717, 1.165) is 10.9 Å². The standard InChI is InChI=1S/C24H32N2S/c1-17(7-10-22(26-2)27-16-18-8-9-18)19-11-13-24(14-12-19)15-20-5-3-4-6-21(20)23(24)25/h3-7,10,18-19,23H,2,8-9,11-16,25H2,1H3/b17-7+,22-10+/t19-,23-,24+/m0/s1. The molecule has 0 saturated heterocycles. The largest absolute Gasteiger partial charge is 0.323 e. The Bertz CT molecular complexity index is 751. The molecule has 3 aliphatic rings.